The zero-order valence-electron chi connectivity index (χ0n) is 10.7. The van der Waals surface area contributed by atoms with E-state index < -0.39 is 0 Å². The fourth-order valence-corrected chi connectivity index (χ4v) is 2.54. The number of halogens is 2. The van der Waals surface area contributed by atoms with Crippen molar-refractivity contribution >= 4 is 27.5 Å². The van der Waals surface area contributed by atoms with Crippen LogP contribution < -0.4 is 0 Å². The van der Waals surface area contributed by atoms with Crippen LogP contribution in [0, 0.1) is 6.92 Å². The Morgan fingerprint density at radius 1 is 1.15 bits per heavy atom. The van der Waals surface area contributed by atoms with Gasteiger partial charge in [-0.1, -0.05) is 45.7 Å². The topological polar surface area (TPSA) is 30.7 Å². The summed E-state index contributed by atoms with van der Waals surface area (Å²) in [6.07, 6.45) is 1.55. The van der Waals surface area contributed by atoms with E-state index in [1.807, 2.05) is 49.4 Å². The van der Waals surface area contributed by atoms with Crippen molar-refractivity contribution in [2.24, 2.45) is 0 Å². The van der Waals surface area contributed by atoms with Crippen LogP contribution in [-0.4, -0.2) is 14.8 Å². The third-order valence-electron chi connectivity index (χ3n) is 3.03. The van der Waals surface area contributed by atoms with Gasteiger partial charge in [0, 0.05) is 15.1 Å². The third-order valence-corrected chi connectivity index (χ3v) is 3.93. The van der Waals surface area contributed by atoms with E-state index in [1.165, 1.54) is 0 Å². The highest BCUT2D eigenvalue weighted by Crippen LogP contribution is 2.25. The lowest BCUT2D eigenvalue weighted by Gasteiger charge is -2.08. The van der Waals surface area contributed by atoms with Crippen molar-refractivity contribution in [1.29, 1.82) is 0 Å². The molecule has 1 heterocycles. The standard InChI is InChI=1S/C15H11BrClN3/c1-10-5-6-13(8-14(10)17)20-15(18-9-19-20)11-3-2-4-12(16)7-11/h2-9H,1H3. The van der Waals surface area contributed by atoms with Crippen molar-refractivity contribution in [3.05, 3.63) is 63.9 Å². The summed E-state index contributed by atoms with van der Waals surface area (Å²) >= 11 is 9.66. The normalized spacial score (nSPS) is 10.8. The summed E-state index contributed by atoms with van der Waals surface area (Å²) < 4.78 is 2.79. The molecule has 3 aromatic rings. The number of benzene rings is 2. The van der Waals surface area contributed by atoms with E-state index in [9.17, 15) is 0 Å². The molecule has 1 aromatic heterocycles. The van der Waals surface area contributed by atoms with Gasteiger partial charge < -0.3 is 0 Å². The molecule has 0 aliphatic heterocycles. The molecule has 0 aliphatic carbocycles. The number of aryl methyl sites for hydroxylation is 1. The first kappa shape index (κ1) is 13.3. The van der Waals surface area contributed by atoms with Gasteiger partial charge in [0.2, 0.25) is 0 Å². The molecule has 0 atom stereocenters. The molecule has 0 saturated carbocycles. The summed E-state index contributed by atoms with van der Waals surface area (Å²) in [6, 6.07) is 13.8. The van der Waals surface area contributed by atoms with Crippen molar-refractivity contribution in [1.82, 2.24) is 14.8 Å². The van der Waals surface area contributed by atoms with Gasteiger partial charge in [-0.25, -0.2) is 9.67 Å². The predicted octanol–water partition coefficient (Wildman–Crippen LogP) is 4.66. The number of hydrogen-bond acceptors (Lipinski definition) is 2. The summed E-state index contributed by atoms with van der Waals surface area (Å²) in [5.41, 5.74) is 2.93. The molecule has 0 aliphatic rings. The first-order valence-corrected chi connectivity index (χ1v) is 7.25. The average molecular weight is 349 g/mol. The van der Waals surface area contributed by atoms with Crippen LogP contribution >= 0.6 is 27.5 Å². The minimum absolute atomic E-state index is 0.721. The van der Waals surface area contributed by atoms with Gasteiger partial charge in [0.1, 0.15) is 6.33 Å². The van der Waals surface area contributed by atoms with Gasteiger partial charge in [0.05, 0.1) is 5.69 Å². The molecule has 100 valence electrons. The van der Waals surface area contributed by atoms with Gasteiger partial charge in [0.25, 0.3) is 0 Å². The Hall–Kier alpha value is -1.65. The zero-order chi connectivity index (χ0) is 14.1. The summed E-state index contributed by atoms with van der Waals surface area (Å²) in [4.78, 5) is 4.34. The van der Waals surface area contributed by atoms with E-state index >= 15 is 0 Å². The third kappa shape index (κ3) is 2.49. The van der Waals surface area contributed by atoms with Crippen LogP contribution in [0.1, 0.15) is 5.56 Å². The van der Waals surface area contributed by atoms with Gasteiger partial charge in [-0.3, -0.25) is 0 Å². The predicted molar refractivity (Wildman–Crippen MR) is 84.2 cm³/mol. The maximum Gasteiger partial charge on any atom is 0.163 e. The van der Waals surface area contributed by atoms with Crippen LogP contribution in [0.25, 0.3) is 17.1 Å². The molecule has 0 fully saturated rings. The second-order valence-electron chi connectivity index (χ2n) is 4.44. The van der Waals surface area contributed by atoms with Gasteiger partial charge in [-0.2, -0.15) is 5.10 Å². The van der Waals surface area contributed by atoms with E-state index in [0.29, 0.717) is 0 Å². The van der Waals surface area contributed by atoms with Gasteiger partial charge in [-0.15, -0.1) is 0 Å². The molecule has 3 nitrogen and oxygen atoms in total. The Morgan fingerprint density at radius 2 is 2.00 bits per heavy atom. The highest BCUT2D eigenvalue weighted by Gasteiger charge is 2.10. The molecule has 2 aromatic carbocycles. The van der Waals surface area contributed by atoms with E-state index in [2.05, 4.69) is 26.0 Å². The molecule has 0 spiro atoms. The fourth-order valence-electron chi connectivity index (χ4n) is 1.97. The molecule has 0 radical (unpaired) electrons. The Labute approximate surface area is 130 Å². The molecule has 0 unspecified atom stereocenters. The van der Waals surface area contributed by atoms with Gasteiger partial charge >= 0.3 is 0 Å². The Bertz CT molecular complexity index is 767. The van der Waals surface area contributed by atoms with Crippen LogP contribution in [0.5, 0.6) is 0 Å². The Balaban J connectivity index is 2.12. The second kappa shape index (κ2) is 5.38. The Kier molecular flexibility index (Phi) is 3.59. The molecule has 0 bridgehead atoms. The maximum atomic E-state index is 6.19. The molecular formula is C15H11BrClN3. The van der Waals surface area contributed by atoms with Crippen molar-refractivity contribution in [2.45, 2.75) is 6.92 Å². The lowest BCUT2D eigenvalue weighted by atomic mass is 10.2. The van der Waals surface area contributed by atoms with Gasteiger partial charge in [0.15, 0.2) is 5.82 Å². The summed E-state index contributed by atoms with van der Waals surface area (Å²) in [6.45, 7) is 1.97. The van der Waals surface area contributed by atoms with Crippen molar-refractivity contribution in [2.75, 3.05) is 0 Å². The number of hydrogen-bond donors (Lipinski definition) is 0. The molecule has 0 N–H and O–H groups in total. The van der Waals surface area contributed by atoms with Gasteiger partial charge in [-0.05, 0) is 36.8 Å². The highest BCUT2D eigenvalue weighted by molar-refractivity contribution is 9.10. The summed E-state index contributed by atoms with van der Waals surface area (Å²) in [5.74, 6) is 0.784. The lowest BCUT2D eigenvalue weighted by molar-refractivity contribution is 0.886. The van der Waals surface area contributed by atoms with Crippen molar-refractivity contribution in [3.63, 3.8) is 0 Å². The highest BCUT2D eigenvalue weighted by atomic mass is 79.9. The lowest BCUT2D eigenvalue weighted by Crippen LogP contribution is -1.99. The minimum atomic E-state index is 0.721. The number of nitrogens with zero attached hydrogens (tertiary/aromatic N) is 3. The minimum Gasteiger partial charge on any atom is -0.215 e. The molecular weight excluding hydrogens is 338 g/mol. The average Bonchev–Trinajstić information content (AvgIpc) is 2.91. The maximum absolute atomic E-state index is 6.19. The number of aromatic nitrogens is 3. The van der Waals surface area contributed by atoms with E-state index in [0.717, 1.165) is 32.1 Å². The van der Waals surface area contributed by atoms with Crippen LogP contribution in [0.15, 0.2) is 53.3 Å². The fraction of sp³-hybridized carbons (Fsp3) is 0.0667. The van der Waals surface area contributed by atoms with Crippen LogP contribution in [0.4, 0.5) is 0 Å². The summed E-state index contributed by atoms with van der Waals surface area (Å²) in [7, 11) is 0. The van der Waals surface area contributed by atoms with E-state index in [-0.39, 0.29) is 0 Å². The van der Waals surface area contributed by atoms with Crippen LogP contribution in [0.2, 0.25) is 5.02 Å². The quantitative estimate of drug-likeness (QED) is 0.674. The molecule has 0 amide bonds. The molecule has 0 saturated heterocycles. The van der Waals surface area contributed by atoms with Crippen molar-refractivity contribution < 1.29 is 0 Å². The zero-order valence-corrected chi connectivity index (χ0v) is 13.1. The molecule has 20 heavy (non-hydrogen) atoms. The number of rotatable bonds is 2. The largest absolute Gasteiger partial charge is 0.215 e. The monoisotopic (exact) mass is 347 g/mol. The first-order chi connectivity index (χ1) is 9.65. The second-order valence-corrected chi connectivity index (χ2v) is 5.76. The molecule has 3 rings (SSSR count). The molecule has 5 heteroatoms. The summed E-state index contributed by atoms with van der Waals surface area (Å²) in [5, 5.41) is 5.02. The SMILES string of the molecule is Cc1ccc(-n2ncnc2-c2cccc(Br)c2)cc1Cl. The van der Waals surface area contributed by atoms with Crippen LogP contribution in [0.3, 0.4) is 0 Å². The smallest absolute Gasteiger partial charge is 0.163 e. The first-order valence-electron chi connectivity index (χ1n) is 6.07. The van der Waals surface area contributed by atoms with Crippen molar-refractivity contribution in [3.8, 4) is 17.1 Å². The van der Waals surface area contributed by atoms with E-state index in [1.54, 1.807) is 11.0 Å². The Morgan fingerprint density at radius 3 is 2.75 bits per heavy atom. The van der Waals surface area contributed by atoms with E-state index in [4.69, 9.17) is 11.6 Å². The van der Waals surface area contributed by atoms with Crippen LogP contribution in [-0.2, 0) is 0 Å².